The van der Waals surface area contributed by atoms with Gasteiger partial charge in [0.15, 0.2) is 11.5 Å². The van der Waals surface area contributed by atoms with Crippen molar-refractivity contribution >= 4 is 11.8 Å². The molecule has 0 aliphatic rings. The first-order valence-corrected chi connectivity index (χ1v) is 12.2. The molecule has 1 N–H and O–H groups in total. The molecule has 0 aromatic heterocycles. The van der Waals surface area contributed by atoms with Gasteiger partial charge in [0.25, 0.3) is 0 Å². The van der Waals surface area contributed by atoms with Crippen LogP contribution >= 0.6 is 0 Å². The average Bonchev–Trinajstić information content (AvgIpc) is 2.81. The predicted molar refractivity (Wildman–Crippen MR) is 138 cm³/mol. The lowest BCUT2D eigenvalue weighted by Gasteiger charge is -2.31. The molecule has 7 nitrogen and oxygen atoms in total. The van der Waals surface area contributed by atoms with Gasteiger partial charge in [-0.3, -0.25) is 9.59 Å². The topological polar surface area (TPSA) is 77.1 Å². The van der Waals surface area contributed by atoms with Crippen LogP contribution in [0.2, 0.25) is 0 Å². The van der Waals surface area contributed by atoms with Crippen molar-refractivity contribution in [3.05, 3.63) is 53.6 Å². The Morgan fingerprint density at radius 1 is 0.971 bits per heavy atom. The molecule has 1 unspecified atom stereocenters. The molecule has 2 rings (SSSR count). The number of aryl methyl sites for hydroxylation is 1. The Kier molecular flexibility index (Phi) is 10.4. The van der Waals surface area contributed by atoms with Crippen molar-refractivity contribution in [2.24, 2.45) is 0 Å². The van der Waals surface area contributed by atoms with Gasteiger partial charge in [-0.15, -0.1) is 0 Å². The first-order chi connectivity index (χ1) is 16.6. The second kappa shape index (κ2) is 13.0. The molecule has 0 heterocycles. The number of amides is 2. The number of hydrogen-bond acceptors (Lipinski definition) is 5. The van der Waals surface area contributed by atoms with Crippen LogP contribution < -0.4 is 19.5 Å². The Morgan fingerprint density at radius 2 is 1.66 bits per heavy atom. The summed E-state index contributed by atoms with van der Waals surface area (Å²) in [6.45, 7) is 12.8. The maximum absolute atomic E-state index is 13.4. The minimum Gasteiger partial charge on any atom is -0.497 e. The van der Waals surface area contributed by atoms with E-state index in [1.807, 2.05) is 77.1 Å². The van der Waals surface area contributed by atoms with E-state index in [9.17, 15) is 9.59 Å². The van der Waals surface area contributed by atoms with E-state index < -0.39 is 11.6 Å². The molecule has 7 heteroatoms. The molecule has 35 heavy (non-hydrogen) atoms. The van der Waals surface area contributed by atoms with Gasteiger partial charge in [0, 0.05) is 18.5 Å². The zero-order valence-electron chi connectivity index (χ0n) is 22.1. The van der Waals surface area contributed by atoms with Gasteiger partial charge in [-0.1, -0.05) is 18.2 Å². The Morgan fingerprint density at radius 3 is 2.29 bits per heavy atom. The SMILES string of the molecule is CCOc1ccc(CCC(=O)N(Cc2cccc(OC)c2)C(C)C(=O)NC(C)(C)C)cc1OCC. The Balaban J connectivity index is 2.22. The van der Waals surface area contributed by atoms with Crippen LogP contribution in [0, 0.1) is 0 Å². The van der Waals surface area contributed by atoms with E-state index in [0.717, 1.165) is 11.1 Å². The van der Waals surface area contributed by atoms with E-state index in [1.54, 1.807) is 18.9 Å². The zero-order valence-corrected chi connectivity index (χ0v) is 22.1. The summed E-state index contributed by atoms with van der Waals surface area (Å²) in [4.78, 5) is 28.0. The Labute approximate surface area is 209 Å². The summed E-state index contributed by atoms with van der Waals surface area (Å²) in [6, 6.07) is 12.7. The third kappa shape index (κ3) is 8.81. The summed E-state index contributed by atoms with van der Waals surface area (Å²) < 4.78 is 16.7. The molecule has 0 saturated carbocycles. The summed E-state index contributed by atoms with van der Waals surface area (Å²) in [6.07, 6.45) is 0.782. The normalized spacial score (nSPS) is 12.0. The van der Waals surface area contributed by atoms with Gasteiger partial charge >= 0.3 is 0 Å². The second-order valence-corrected chi connectivity index (χ2v) is 9.44. The molecule has 0 saturated heterocycles. The lowest BCUT2D eigenvalue weighted by molar-refractivity contribution is -0.141. The zero-order chi connectivity index (χ0) is 26.0. The average molecular weight is 485 g/mol. The largest absolute Gasteiger partial charge is 0.497 e. The predicted octanol–water partition coefficient (Wildman–Crippen LogP) is 4.76. The second-order valence-electron chi connectivity index (χ2n) is 9.44. The molecule has 0 bridgehead atoms. The van der Waals surface area contributed by atoms with E-state index in [4.69, 9.17) is 14.2 Å². The van der Waals surface area contributed by atoms with Crippen LogP contribution in [0.5, 0.6) is 17.2 Å². The van der Waals surface area contributed by atoms with Crippen LogP contribution in [0.25, 0.3) is 0 Å². The number of ether oxygens (including phenoxy) is 3. The van der Waals surface area contributed by atoms with E-state index in [1.165, 1.54) is 0 Å². The third-order valence-corrected chi connectivity index (χ3v) is 5.39. The van der Waals surface area contributed by atoms with Crippen molar-refractivity contribution in [3.63, 3.8) is 0 Å². The first-order valence-electron chi connectivity index (χ1n) is 12.2. The Hall–Kier alpha value is -3.22. The number of nitrogens with zero attached hydrogens (tertiary/aromatic N) is 1. The monoisotopic (exact) mass is 484 g/mol. The highest BCUT2D eigenvalue weighted by Crippen LogP contribution is 2.29. The fourth-order valence-electron chi connectivity index (χ4n) is 3.67. The van der Waals surface area contributed by atoms with Gasteiger partial charge in [0.05, 0.1) is 20.3 Å². The number of nitrogens with one attached hydrogen (secondary N) is 1. The molecule has 0 spiro atoms. The minimum atomic E-state index is -0.632. The lowest BCUT2D eigenvalue weighted by atomic mass is 10.1. The highest BCUT2D eigenvalue weighted by atomic mass is 16.5. The van der Waals surface area contributed by atoms with Gasteiger partial charge in [0.1, 0.15) is 11.8 Å². The Bertz CT molecular complexity index is 984. The molecule has 192 valence electrons. The summed E-state index contributed by atoms with van der Waals surface area (Å²) >= 11 is 0. The number of carbonyl (C=O) groups excluding carboxylic acids is 2. The maximum Gasteiger partial charge on any atom is 0.242 e. The van der Waals surface area contributed by atoms with Gasteiger partial charge in [-0.25, -0.2) is 0 Å². The van der Waals surface area contributed by atoms with E-state index in [2.05, 4.69) is 5.32 Å². The minimum absolute atomic E-state index is 0.101. The fourth-order valence-corrected chi connectivity index (χ4v) is 3.67. The third-order valence-electron chi connectivity index (χ3n) is 5.39. The first kappa shape index (κ1) is 28.0. The van der Waals surface area contributed by atoms with Crippen molar-refractivity contribution < 1.29 is 23.8 Å². The molecule has 0 radical (unpaired) electrons. The van der Waals surface area contributed by atoms with Crippen molar-refractivity contribution in [2.75, 3.05) is 20.3 Å². The maximum atomic E-state index is 13.4. The summed E-state index contributed by atoms with van der Waals surface area (Å²) in [5.74, 6) is 1.78. The standard InChI is InChI=1S/C28H40N2O5/c1-8-34-24-15-13-21(18-25(24)35-9-2)14-16-26(31)30(20(3)27(32)29-28(4,5)6)19-22-11-10-12-23(17-22)33-7/h10-13,15,17-18,20H,8-9,14,16,19H2,1-7H3,(H,29,32). The quantitative estimate of drug-likeness (QED) is 0.470. The van der Waals surface area contributed by atoms with Gasteiger partial charge in [-0.05, 0) is 83.4 Å². The molecule has 2 amide bonds. The van der Waals surface area contributed by atoms with Gasteiger partial charge < -0.3 is 24.4 Å². The van der Waals surface area contributed by atoms with Crippen LogP contribution in [-0.2, 0) is 22.6 Å². The molecule has 0 aliphatic carbocycles. The number of methoxy groups -OCH3 is 1. The molecular weight excluding hydrogens is 444 g/mol. The van der Waals surface area contributed by atoms with Crippen LogP contribution in [0.3, 0.4) is 0 Å². The molecular formula is C28H40N2O5. The summed E-state index contributed by atoms with van der Waals surface area (Å²) in [5, 5.41) is 2.99. The molecule has 2 aromatic rings. The van der Waals surface area contributed by atoms with E-state index in [-0.39, 0.29) is 18.2 Å². The molecule has 1 atom stereocenters. The number of benzene rings is 2. The number of hydrogen-bond donors (Lipinski definition) is 1. The van der Waals surface area contributed by atoms with Crippen molar-refractivity contribution in [3.8, 4) is 17.2 Å². The van der Waals surface area contributed by atoms with Crippen molar-refractivity contribution in [1.82, 2.24) is 10.2 Å². The van der Waals surface area contributed by atoms with Crippen LogP contribution in [0.15, 0.2) is 42.5 Å². The van der Waals surface area contributed by atoms with Crippen molar-refractivity contribution in [2.45, 2.75) is 72.5 Å². The molecule has 2 aromatic carbocycles. The molecule has 0 fully saturated rings. The van der Waals surface area contributed by atoms with E-state index >= 15 is 0 Å². The van der Waals surface area contributed by atoms with Crippen LogP contribution in [0.4, 0.5) is 0 Å². The van der Waals surface area contributed by atoms with Crippen molar-refractivity contribution in [1.29, 1.82) is 0 Å². The van der Waals surface area contributed by atoms with Gasteiger partial charge in [0.2, 0.25) is 11.8 Å². The van der Waals surface area contributed by atoms with E-state index in [0.29, 0.717) is 43.4 Å². The van der Waals surface area contributed by atoms with Crippen LogP contribution in [0.1, 0.15) is 59.1 Å². The number of carbonyl (C=O) groups is 2. The fraction of sp³-hybridized carbons (Fsp3) is 0.500. The number of rotatable bonds is 12. The highest BCUT2D eigenvalue weighted by Gasteiger charge is 2.28. The summed E-state index contributed by atoms with van der Waals surface area (Å²) in [5.41, 5.74) is 1.47. The van der Waals surface area contributed by atoms with Gasteiger partial charge in [-0.2, -0.15) is 0 Å². The lowest BCUT2D eigenvalue weighted by Crippen LogP contribution is -2.52. The summed E-state index contributed by atoms with van der Waals surface area (Å²) in [7, 11) is 1.61. The molecule has 0 aliphatic heterocycles. The smallest absolute Gasteiger partial charge is 0.242 e. The highest BCUT2D eigenvalue weighted by molar-refractivity contribution is 5.87. The van der Waals surface area contributed by atoms with Crippen LogP contribution in [-0.4, -0.2) is 48.6 Å².